The SMILES string of the molecule is CCCCCCC[C@H]1CC[C@H](CCc2ccc(C(=O)Oc3ccc(C(=O)Oc4ccc(C#N)cc4)c(Cl)c3)cc2)CC1. The number of hydrogen-bond acceptors (Lipinski definition) is 5. The summed E-state index contributed by atoms with van der Waals surface area (Å²) in [5.74, 6) is 1.13. The van der Waals surface area contributed by atoms with E-state index in [0.717, 1.165) is 18.3 Å². The number of nitriles is 1. The monoisotopic (exact) mass is 585 g/mol. The minimum absolute atomic E-state index is 0.107. The van der Waals surface area contributed by atoms with Gasteiger partial charge >= 0.3 is 11.9 Å². The van der Waals surface area contributed by atoms with Crippen LogP contribution in [0.3, 0.4) is 0 Å². The van der Waals surface area contributed by atoms with Crippen LogP contribution in [0.5, 0.6) is 11.5 Å². The summed E-state index contributed by atoms with van der Waals surface area (Å²) in [6.45, 7) is 2.27. The Kier molecular flexibility index (Phi) is 12.0. The molecular formula is C36H40ClNO4. The van der Waals surface area contributed by atoms with Gasteiger partial charge in [0.05, 0.1) is 27.8 Å². The van der Waals surface area contributed by atoms with E-state index < -0.39 is 11.9 Å². The minimum Gasteiger partial charge on any atom is -0.423 e. The summed E-state index contributed by atoms with van der Waals surface area (Å²) in [7, 11) is 0. The van der Waals surface area contributed by atoms with Crippen molar-refractivity contribution < 1.29 is 19.1 Å². The van der Waals surface area contributed by atoms with Gasteiger partial charge in [0.15, 0.2) is 0 Å². The van der Waals surface area contributed by atoms with Gasteiger partial charge < -0.3 is 9.47 Å². The average molecular weight is 586 g/mol. The van der Waals surface area contributed by atoms with Crippen molar-refractivity contribution in [3.63, 3.8) is 0 Å². The van der Waals surface area contributed by atoms with E-state index in [-0.39, 0.29) is 16.3 Å². The van der Waals surface area contributed by atoms with Crippen LogP contribution in [0.1, 0.15) is 109 Å². The number of aryl methyl sites for hydroxylation is 1. The highest BCUT2D eigenvalue weighted by Crippen LogP contribution is 2.34. The Labute approximate surface area is 254 Å². The molecule has 0 unspecified atom stereocenters. The van der Waals surface area contributed by atoms with Crippen molar-refractivity contribution in [3.05, 3.63) is 94.0 Å². The molecule has 0 atom stereocenters. The van der Waals surface area contributed by atoms with Gasteiger partial charge in [0, 0.05) is 6.07 Å². The molecule has 1 aliphatic carbocycles. The number of esters is 2. The Morgan fingerprint density at radius 2 is 1.40 bits per heavy atom. The number of rotatable bonds is 13. The number of nitrogens with zero attached hydrogens (tertiary/aromatic N) is 1. The van der Waals surface area contributed by atoms with Crippen molar-refractivity contribution in [1.82, 2.24) is 0 Å². The first-order valence-corrected chi connectivity index (χ1v) is 15.7. The smallest absolute Gasteiger partial charge is 0.345 e. The summed E-state index contributed by atoms with van der Waals surface area (Å²) in [6, 6.07) is 20.2. The van der Waals surface area contributed by atoms with Crippen molar-refractivity contribution >= 4 is 23.5 Å². The summed E-state index contributed by atoms with van der Waals surface area (Å²) in [4.78, 5) is 25.3. The first-order chi connectivity index (χ1) is 20.4. The number of ether oxygens (including phenoxy) is 2. The van der Waals surface area contributed by atoms with Crippen LogP contribution >= 0.6 is 11.6 Å². The van der Waals surface area contributed by atoms with Crippen molar-refractivity contribution in [1.29, 1.82) is 5.26 Å². The van der Waals surface area contributed by atoms with E-state index in [1.54, 1.807) is 24.3 Å². The summed E-state index contributed by atoms with van der Waals surface area (Å²) in [6.07, 6.45) is 16.0. The maximum atomic E-state index is 12.7. The van der Waals surface area contributed by atoms with Crippen LogP contribution in [-0.4, -0.2) is 11.9 Å². The number of carbonyl (C=O) groups is 2. The predicted molar refractivity (Wildman–Crippen MR) is 166 cm³/mol. The van der Waals surface area contributed by atoms with E-state index >= 15 is 0 Å². The molecule has 4 rings (SSSR count). The Bertz CT molecular complexity index is 1350. The van der Waals surface area contributed by atoms with E-state index in [2.05, 4.69) is 6.92 Å². The van der Waals surface area contributed by atoms with Crippen molar-refractivity contribution in [2.45, 2.75) is 84.0 Å². The van der Waals surface area contributed by atoms with Crippen LogP contribution < -0.4 is 9.47 Å². The molecule has 0 heterocycles. The lowest BCUT2D eigenvalue weighted by Crippen LogP contribution is -2.15. The fraction of sp³-hybridized carbons (Fsp3) is 0.417. The highest BCUT2D eigenvalue weighted by atomic mass is 35.5. The molecule has 0 saturated heterocycles. The number of hydrogen-bond donors (Lipinski definition) is 0. The number of halogens is 1. The minimum atomic E-state index is -0.649. The lowest BCUT2D eigenvalue weighted by Gasteiger charge is -2.28. The van der Waals surface area contributed by atoms with Gasteiger partial charge in [-0.15, -0.1) is 0 Å². The molecule has 1 saturated carbocycles. The average Bonchev–Trinajstić information content (AvgIpc) is 3.01. The van der Waals surface area contributed by atoms with Gasteiger partial charge in [0.25, 0.3) is 0 Å². The first-order valence-electron chi connectivity index (χ1n) is 15.3. The third-order valence-electron chi connectivity index (χ3n) is 8.28. The highest BCUT2D eigenvalue weighted by Gasteiger charge is 2.21. The quantitative estimate of drug-likeness (QED) is 0.113. The third kappa shape index (κ3) is 9.46. The summed E-state index contributed by atoms with van der Waals surface area (Å²) in [5, 5.41) is 9.00. The number of unbranched alkanes of at least 4 members (excludes halogenated alkanes) is 4. The van der Waals surface area contributed by atoms with Gasteiger partial charge in [-0.2, -0.15) is 5.26 Å². The zero-order chi connectivity index (χ0) is 29.7. The topological polar surface area (TPSA) is 76.4 Å². The second-order valence-corrected chi connectivity index (χ2v) is 11.8. The Hall–Kier alpha value is -3.62. The third-order valence-corrected chi connectivity index (χ3v) is 8.59. The van der Waals surface area contributed by atoms with Gasteiger partial charge in [-0.05, 0) is 78.8 Å². The van der Waals surface area contributed by atoms with Gasteiger partial charge in [-0.25, -0.2) is 9.59 Å². The first kappa shape index (κ1) is 31.3. The summed E-state index contributed by atoms with van der Waals surface area (Å²) < 4.78 is 10.8. The molecule has 1 fully saturated rings. The van der Waals surface area contributed by atoms with E-state index in [1.165, 1.54) is 107 Å². The molecular weight excluding hydrogens is 546 g/mol. The fourth-order valence-electron chi connectivity index (χ4n) is 5.67. The molecule has 0 bridgehead atoms. The molecule has 220 valence electrons. The maximum Gasteiger partial charge on any atom is 0.345 e. The molecule has 0 aliphatic heterocycles. The Balaban J connectivity index is 1.20. The van der Waals surface area contributed by atoms with Crippen molar-refractivity contribution in [2.24, 2.45) is 11.8 Å². The molecule has 42 heavy (non-hydrogen) atoms. The Morgan fingerprint density at radius 3 is 2.05 bits per heavy atom. The molecule has 6 heteroatoms. The lowest BCUT2D eigenvalue weighted by atomic mass is 9.77. The molecule has 0 amide bonds. The Morgan fingerprint density at radius 1 is 0.786 bits per heavy atom. The second-order valence-electron chi connectivity index (χ2n) is 11.4. The van der Waals surface area contributed by atoms with Gasteiger partial charge in [0.2, 0.25) is 0 Å². The van der Waals surface area contributed by atoms with Crippen LogP contribution in [0.25, 0.3) is 0 Å². The fourth-order valence-corrected chi connectivity index (χ4v) is 5.92. The van der Waals surface area contributed by atoms with E-state index in [9.17, 15) is 9.59 Å². The lowest BCUT2D eigenvalue weighted by molar-refractivity contribution is 0.0730. The molecule has 3 aromatic carbocycles. The van der Waals surface area contributed by atoms with Crippen molar-refractivity contribution in [3.8, 4) is 17.6 Å². The van der Waals surface area contributed by atoms with E-state index in [0.29, 0.717) is 16.9 Å². The molecule has 0 aromatic heterocycles. The maximum absolute atomic E-state index is 12.7. The standard InChI is InChI=1S/C36H40ClNO4/c1-2-3-4-5-6-7-26-8-10-27(11-9-26)12-13-28-14-18-30(19-15-28)35(39)42-32-22-23-33(34(37)24-32)36(40)41-31-20-16-29(25-38)17-21-31/h14-24,26-27H,2-13H2,1H3/t26-,27-. The van der Waals surface area contributed by atoms with Crippen LogP contribution in [0.2, 0.25) is 5.02 Å². The highest BCUT2D eigenvalue weighted by molar-refractivity contribution is 6.33. The molecule has 3 aromatic rings. The normalized spacial score (nSPS) is 16.4. The van der Waals surface area contributed by atoms with E-state index in [4.69, 9.17) is 26.3 Å². The largest absolute Gasteiger partial charge is 0.423 e. The van der Waals surface area contributed by atoms with Crippen molar-refractivity contribution in [2.75, 3.05) is 0 Å². The van der Waals surface area contributed by atoms with Gasteiger partial charge in [0.1, 0.15) is 11.5 Å². The van der Waals surface area contributed by atoms with Crippen LogP contribution in [0.15, 0.2) is 66.7 Å². The summed E-state index contributed by atoms with van der Waals surface area (Å²) >= 11 is 6.30. The zero-order valence-electron chi connectivity index (χ0n) is 24.4. The van der Waals surface area contributed by atoms with E-state index in [1.807, 2.05) is 18.2 Å². The number of carbonyl (C=O) groups excluding carboxylic acids is 2. The van der Waals surface area contributed by atoms with Crippen LogP contribution in [-0.2, 0) is 6.42 Å². The molecule has 1 aliphatic rings. The van der Waals surface area contributed by atoms with Crippen LogP contribution in [0.4, 0.5) is 0 Å². The van der Waals surface area contributed by atoms with Gasteiger partial charge in [-0.1, -0.05) is 94.9 Å². The zero-order valence-corrected chi connectivity index (χ0v) is 25.2. The summed E-state index contributed by atoms with van der Waals surface area (Å²) in [5.41, 5.74) is 2.29. The molecule has 0 N–H and O–H groups in total. The van der Waals surface area contributed by atoms with Gasteiger partial charge in [-0.3, -0.25) is 0 Å². The molecule has 0 radical (unpaired) electrons. The number of benzene rings is 3. The second kappa shape index (κ2) is 16.1. The molecule has 5 nitrogen and oxygen atoms in total. The molecule has 0 spiro atoms. The predicted octanol–water partition coefficient (Wildman–Crippen LogP) is 9.75. The van der Waals surface area contributed by atoms with Crippen LogP contribution in [0, 0.1) is 23.2 Å².